The van der Waals surface area contributed by atoms with Gasteiger partial charge in [-0.05, 0) is 25.3 Å². The molecule has 1 aromatic carbocycles. The first-order chi connectivity index (χ1) is 10.5. The summed E-state index contributed by atoms with van der Waals surface area (Å²) < 4.78 is 1.35. The zero-order valence-corrected chi connectivity index (χ0v) is 12.3. The molecule has 0 radical (unpaired) electrons. The van der Waals surface area contributed by atoms with Gasteiger partial charge < -0.3 is 15.3 Å². The Hall–Kier alpha value is -2.25. The molecule has 22 heavy (non-hydrogen) atoms. The van der Waals surface area contributed by atoms with E-state index >= 15 is 0 Å². The first kappa shape index (κ1) is 16.1. The predicted molar refractivity (Wildman–Crippen MR) is 78.7 cm³/mol. The van der Waals surface area contributed by atoms with E-state index in [0.29, 0.717) is 18.5 Å². The second-order valence-corrected chi connectivity index (χ2v) is 5.19. The third-order valence-electron chi connectivity index (χ3n) is 3.41. The van der Waals surface area contributed by atoms with E-state index in [0.717, 1.165) is 11.1 Å². The maximum atomic E-state index is 11.2. The Kier molecular flexibility index (Phi) is 5.24. The molecular formula is C15H19N3O4. The largest absolute Gasteiger partial charge is 0.476 e. The lowest BCUT2D eigenvalue weighted by molar-refractivity contribution is 0.0687. The Morgan fingerprint density at radius 3 is 2.55 bits per heavy atom. The average molecular weight is 305 g/mol. The maximum absolute atomic E-state index is 11.2. The quantitative estimate of drug-likeness (QED) is 0.684. The second kappa shape index (κ2) is 7.15. The summed E-state index contributed by atoms with van der Waals surface area (Å²) in [4.78, 5) is 11.2. The highest BCUT2D eigenvalue weighted by Gasteiger charge is 2.20. The van der Waals surface area contributed by atoms with Crippen LogP contribution >= 0.6 is 0 Å². The van der Waals surface area contributed by atoms with Crippen LogP contribution in [0.3, 0.4) is 0 Å². The van der Waals surface area contributed by atoms with Crippen molar-refractivity contribution in [3.8, 4) is 0 Å². The molecular weight excluding hydrogens is 286 g/mol. The number of benzene rings is 1. The van der Waals surface area contributed by atoms with Crippen LogP contribution in [-0.2, 0) is 19.4 Å². The second-order valence-electron chi connectivity index (χ2n) is 5.19. The van der Waals surface area contributed by atoms with E-state index in [9.17, 15) is 15.0 Å². The van der Waals surface area contributed by atoms with E-state index in [4.69, 9.17) is 5.11 Å². The molecule has 1 atom stereocenters. The van der Waals surface area contributed by atoms with E-state index in [1.807, 2.05) is 31.2 Å². The van der Waals surface area contributed by atoms with Crippen molar-refractivity contribution < 1.29 is 20.1 Å². The van der Waals surface area contributed by atoms with Crippen LogP contribution in [0.4, 0.5) is 0 Å². The van der Waals surface area contributed by atoms with Crippen LogP contribution in [0, 0.1) is 6.92 Å². The van der Waals surface area contributed by atoms with Gasteiger partial charge in [0.1, 0.15) is 0 Å². The Balaban J connectivity index is 2.17. The summed E-state index contributed by atoms with van der Waals surface area (Å²) in [7, 11) is 0. The molecule has 0 bridgehead atoms. The zero-order valence-electron chi connectivity index (χ0n) is 12.3. The Labute approximate surface area is 127 Å². The van der Waals surface area contributed by atoms with Crippen LogP contribution in [-0.4, -0.2) is 49.0 Å². The highest BCUT2D eigenvalue weighted by atomic mass is 16.4. The molecule has 0 aliphatic carbocycles. The topological polar surface area (TPSA) is 108 Å². The Morgan fingerprint density at radius 1 is 1.27 bits per heavy atom. The average Bonchev–Trinajstić information content (AvgIpc) is 2.89. The number of carbonyl (C=O) groups is 1. The van der Waals surface area contributed by atoms with Crippen molar-refractivity contribution in [1.82, 2.24) is 15.0 Å². The summed E-state index contributed by atoms with van der Waals surface area (Å²) in [5, 5.41) is 35.0. The molecule has 0 saturated heterocycles. The Bertz CT molecular complexity index is 637. The fraction of sp³-hybridized carbons (Fsp3) is 0.400. The summed E-state index contributed by atoms with van der Waals surface area (Å²) in [6.45, 7) is 1.60. The van der Waals surface area contributed by atoms with Gasteiger partial charge in [-0.3, -0.25) is 0 Å². The van der Waals surface area contributed by atoms with Gasteiger partial charge in [-0.15, -0.1) is 5.10 Å². The molecule has 7 nitrogen and oxygen atoms in total. The van der Waals surface area contributed by atoms with Crippen LogP contribution in [0.1, 0.15) is 27.3 Å². The molecule has 1 heterocycles. The molecule has 2 rings (SSSR count). The summed E-state index contributed by atoms with van der Waals surface area (Å²) in [5.41, 5.74) is 2.57. The molecule has 0 spiro atoms. The number of aromatic carboxylic acids is 1. The molecule has 7 heteroatoms. The number of aliphatic hydroxyl groups excluding tert-OH is 2. The van der Waals surface area contributed by atoms with Crippen LogP contribution in [0.2, 0.25) is 0 Å². The van der Waals surface area contributed by atoms with Crippen molar-refractivity contribution in [2.75, 3.05) is 6.61 Å². The minimum atomic E-state index is -1.15. The summed E-state index contributed by atoms with van der Waals surface area (Å²) in [6, 6.07) is 7.98. The van der Waals surface area contributed by atoms with Gasteiger partial charge in [0, 0.05) is 0 Å². The van der Waals surface area contributed by atoms with Gasteiger partial charge in [-0.1, -0.05) is 35.0 Å². The minimum absolute atomic E-state index is 0.0139. The van der Waals surface area contributed by atoms with Crippen molar-refractivity contribution in [2.24, 2.45) is 0 Å². The number of aryl methyl sites for hydroxylation is 2. The SMILES string of the molecule is Cc1ccc(CCc2c(C(=O)O)nnn2CC(O)CO)cc1. The first-order valence-electron chi connectivity index (χ1n) is 7.01. The van der Waals surface area contributed by atoms with Gasteiger partial charge in [0.2, 0.25) is 0 Å². The number of hydrogen-bond acceptors (Lipinski definition) is 5. The normalized spacial score (nSPS) is 12.3. The molecule has 0 saturated carbocycles. The van der Waals surface area contributed by atoms with Crippen LogP contribution in [0.25, 0.3) is 0 Å². The molecule has 0 aliphatic rings. The van der Waals surface area contributed by atoms with Crippen molar-refractivity contribution in [3.05, 3.63) is 46.8 Å². The third kappa shape index (κ3) is 3.90. The maximum Gasteiger partial charge on any atom is 0.358 e. The lowest BCUT2D eigenvalue weighted by Gasteiger charge is -2.10. The van der Waals surface area contributed by atoms with E-state index < -0.39 is 18.7 Å². The van der Waals surface area contributed by atoms with Gasteiger partial charge >= 0.3 is 5.97 Å². The fourth-order valence-corrected chi connectivity index (χ4v) is 2.17. The van der Waals surface area contributed by atoms with Gasteiger partial charge in [0.05, 0.1) is 24.9 Å². The molecule has 1 unspecified atom stereocenters. The predicted octanol–water partition coefficient (Wildman–Crippen LogP) is 0.423. The number of carboxylic acid groups (broad SMARTS) is 1. The number of aliphatic hydroxyl groups is 2. The van der Waals surface area contributed by atoms with Crippen molar-refractivity contribution in [3.63, 3.8) is 0 Å². The lowest BCUT2D eigenvalue weighted by Crippen LogP contribution is -2.22. The molecule has 0 amide bonds. The first-order valence-corrected chi connectivity index (χ1v) is 7.01. The van der Waals surface area contributed by atoms with Crippen molar-refractivity contribution in [2.45, 2.75) is 32.4 Å². The van der Waals surface area contributed by atoms with Crippen LogP contribution in [0.5, 0.6) is 0 Å². The molecule has 1 aromatic heterocycles. The van der Waals surface area contributed by atoms with Crippen LogP contribution < -0.4 is 0 Å². The number of carboxylic acids is 1. The third-order valence-corrected chi connectivity index (χ3v) is 3.41. The van der Waals surface area contributed by atoms with E-state index in [1.165, 1.54) is 4.68 Å². The minimum Gasteiger partial charge on any atom is -0.476 e. The van der Waals surface area contributed by atoms with Gasteiger partial charge in [-0.25, -0.2) is 9.48 Å². The fourth-order valence-electron chi connectivity index (χ4n) is 2.17. The highest BCUT2D eigenvalue weighted by molar-refractivity contribution is 5.86. The molecule has 118 valence electrons. The lowest BCUT2D eigenvalue weighted by atomic mass is 10.1. The summed E-state index contributed by atoms with van der Waals surface area (Å²) in [5.74, 6) is -1.15. The van der Waals surface area contributed by atoms with Gasteiger partial charge in [0.15, 0.2) is 5.69 Å². The standard InChI is InChI=1S/C15H19N3O4/c1-10-2-4-11(5-3-10)6-7-13-14(15(21)22)16-17-18(13)8-12(20)9-19/h2-5,12,19-20H,6-9H2,1H3,(H,21,22). The zero-order chi connectivity index (χ0) is 16.1. The van der Waals surface area contributed by atoms with Crippen molar-refractivity contribution in [1.29, 1.82) is 0 Å². The van der Waals surface area contributed by atoms with Crippen LogP contribution in [0.15, 0.2) is 24.3 Å². The molecule has 2 aromatic rings. The number of rotatable bonds is 7. The van der Waals surface area contributed by atoms with E-state index in [1.54, 1.807) is 0 Å². The molecule has 0 aliphatic heterocycles. The Morgan fingerprint density at radius 2 is 1.95 bits per heavy atom. The number of nitrogens with zero attached hydrogens (tertiary/aromatic N) is 3. The van der Waals surface area contributed by atoms with E-state index in [-0.39, 0.29) is 12.2 Å². The van der Waals surface area contributed by atoms with E-state index in [2.05, 4.69) is 10.3 Å². The van der Waals surface area contributed by atoms with Crippen molar-refractivity contribution >= 4 is 5.97 Å². The summed E-state index contributed by atoms with van der Waals surface area (Å²) >= 11 is 0. The monoisotopic (exact) mass is 305 g/mol. The summed E-state index contributed by atoms with van der Waals surface area (Å²) in [6.07, 6.45) is 0.0837. The smallest absolute Gasteiger partial charge is 0.358 e. The highest BCUT2D eigenvalue weighted by Crippen LogP contribution is 2.12. The molecule has 0 fully saturated rings. The molecule has 3 N–H and O–H groups in total. The number of aromatic nitrogens is 3. The number of hydrogen-bond donors (Lipinski definition) is 3. The van der Waals surface area contributed by atoms with Gasteiger partial charge in [-0.2, -0.15) is 0 Å². The van der Waals surface area contributed by atoms with Gasteiger partial charge in [0.25, 0.3) is 0 Å².